The minimum atomic E-state index is -0.493. The van der Waals surface area contributed by atoms with Gasteiger partial charge in [0, 0.05) is 6.54 Å². The number of carbonyl (C=O) groups excluding carboxylic acids is 2. The highest BCUT2D eigenvalue weighted by molar-refractivity contribution is 6.01. The first-order chi connectivity index (χ1) is 9.20. The lowest BCUT2D eigenvalue weighted by atomic mass is 10.4. The van der Waals surface area contributed by atoms with Crippen LogP contribution < -0.4 is 10.6 Å². The van der Waals surface area contributed by atoms with Gasteiger partial charge in [0.05, 0.1) is 6.26 Å². The number of anilines is 1. The van der Waals surface area contributed by atoms with Gasteiger partial charge < -0.3 is 14.2 Å². The van der Waals surface area contributed by atoms with Gasteiger partial charge in [0.2, 0.25) is 0 Å². The minimum absolute atomic E-state index is 0.0527. The lowest BCUT2D eigenvalue weighted by Gasteiger charge is -1.98. The number of hydrogen-bond donors (Lipinski definition) is 2. The second kappa shape index (κ2) is 5.85. The van der Waals surface area contributed by atoms with E-state index in [9.17, 15) is 9.59 Å². The molecular weight excluding hydrogens is 250 g/mol. The van der Waals surface area contributed by atoms with Crippen LogP contribution in [0.3, 0.4) is 0 Å². The van der Waals surface area contributed by atoms with Crippen LogP contribution in [0.15, 0.2) is 33.5 Å². The Morgan fingerprint density at radius 2 is 2.16 bits per heavy atom. The Morgan fingerprint density at radius 1 is 1.32 bits per heavy atom. The Hall–Kier alpha value is -2.57. The van der Waals surface area contributed by atoms with Crippen molar-refractivity contribution in [3.8, 4) is 0 Å². The summed E-state index contributed by atoms with van der Waals surface area (Å²) in [6.45, 7) is 2.50. The Morgan fingerprint density at radius 3 is 2.84 bits per heavy atom. The van der Waals surface area contributed by atoms with E-state index in [-0.39, 0.29) is 23.4 Å². The molecule has 0 aliphatic carbocycles. The summed E-state index contributed by atoms with van der Waals surface area (Å²) >= 11 is 0. The van der Waals surface area contributed by atoms with Crippen LogP contribution in [0.25, 0.3) is 0 Å². The molecule has 0 spiro atoms. The molecule has 7 heteroatoms. The minimum Gasteiger partial charge on any atom is -0.459 e. The van der Waals surface area contributed by atoms with Crippen molar-refractivity contribution in [2.45, 2.75) is 13.3 Å². The molecule has 0 bridgehead atoms. The van der Waals surface area contributed by atoms with E-state index in [2.05, 4.69) is 15.6 Å². The van der Waals surface area contributed by atoms with Gasteiger partial charge in [-0.1, -0.05) is 6.92 Å². The van der Waals surface area contributed by atoms with Crippen LogP contribution in [-0.4, -0.2) is 23.3 Å². The molecule has 0 saturated heterocycles. The molecule has 0 atom stereocenters. The van der Waals surface area contributed by atoms with Crippen molar-refractivity contribution in [2.24, 2.45) is 0 Å². The Balaban J connectivity index is 1.97. The molecule has 0 fully saturated rings. The monoisotopic (exact) mass is 263 g/mol. The van der Waals surface area contributed by atoms with Gasteiger partial charge in [0.15, 0.2) is 11.5 Å². The number of nitrogens with zero attached hydrogens (tertiary/aromatic N) is 1. The second-order valence-corrected chi connectivity index (χ2v) is 3.73. The van der Waals surface area contributed by atoms with Crippen LogP contribution in [0.2, 0.25) is 0 Å². The average molecular weight is 263 g/mol. The number of nitrogens with one attached hydrogen (secondary N) is 2. The number of hydrogen-bond acceptors (Lipinski definition) is 5. The van der Waals surface area contributed by atoms with Crippen molar-refractivity contribution in [1.82, 2.24) is 10.3 Å². The standard InChI is InChI=1S/C12H13N3O4/c1-2-5-13-10(16)8-7-19-12(14-8)15-11(17)9-4-3-6-18-9/h3-4,6-7H,2,5H2,1H3,(H,13,16)(H,14,15,17). The first-order valence-electron chi connectivity index (χ1n) is 5.79. The molecule has 0 radical (unpaired) electrons. The van der Waals surface area contributed by atoms with E-state index >= 15 is 0 Å². The predicted octanol–water partition coefficient (Wildman–Crippen LogP) is 1.66. The van der Waals surface area contributed by atoms with Crippen LogP contribution in [0.1, 0.15) is 34.4 Å². The van der Waals surface area contributed by atoms with Gasteiger partial charge in [0.25, 0.3) is 11.8 Å². The molecule has 7 nitrogen and oxygen atoms in total. The van der Waals surface area contributed by atoms with E-state index in [4.69, 9.17) is 8.83 Å². The molecule has 2 N–H and O–H groups in total. The molecule has 0 unspecified atom stereocenters. The van der Waals surface area contributed by atoms with Crippen LogP contribution in [0.5, 0.6) is 0 Å². The lowest BCUT2D eigenvalue weighted by molar-refractivity contribution is 0.0947. The summed E-state index contributed by atoms with van der Waals surface area (Å²) in [6, 6.07) is 3.05. The molecule has 19 heavy (non-hydrogen) atoms. The molecule has 2 amide bonds. The first-order valence-corrected chi connectivity index (χ1v) is 5.79. The molecule has 2 aromatic rings. The fourth-order valence-corrected chi connectivity index (χ4v) is 1.33. The fraction of sp³-hybridized carbons (Fsp3) is 0.250. The summed E-state index contributed by atoms with van der Waals surface area (Å²) in [5.74, 6) is -0.702. The fourth-order valence-electron chi connectivity index (χ4n) is 1.33. The van der Waals surface area contributed by atoms with E-state index < -0.39 is 5.91 Å². The van der Waals surface area contributed by atoms with Crippen molar-refractivity contribution in [3.05, 3.63) is 36.1 Å². The number of furan rings is 1. The largest absolute Gasteiger partial charge is 0.459 e. The molecule has 2 heterocycles. The zero-order chi connectivity index (χ0) is 13.7. The smallest absolute Gasteiger partial charge is 0.302 e. The summed E-state index contributed by atoms with van der Waals surface area (Å²) in [5, 5.41) is 5.04. The van der Waals surface area contributed by atoms with Crippen molar-refractivity contribution >= 4 is 17.8 Å². The van der Waals surface area contributed by atoms with Crippen molar-refractivity contribution in [2.75, 3.05) is 11.9 Å². The molecular formula is C12H13N3O4. The molecule has 0 aliphatic rings. The van der Waals surface area contributed by atoms with Crippen LogP contribution in [0.4, 0.5) is 6.01 Å². The number of amides is 2. The van der Waals surface area contributed by atoms with Crippen LogP contribution in [0, 0.1) is 0 Å². The summed E-state index contributed by atoms with van der Waals surface area (Å²) < 4.78 is 9.90. The van der Waals surface area contributed by atoms with Gasteiger partial charge in [-0.3, -0.25) is 14.9 Å². The first kappa shape index (κ1) is 12.9. The second-order valence-electron chi connectivity index (χ2n) is 3.73. The maximum atomic E-state index is 11.6. The maximum absolute atomic E-state index is 11.6. The molecule has 100 valence electrons. The average Bonchev–Trinajstić information content (AvgIpc) is 3.06. The summed E-state index contributed by atoms with van der Waals surface area (Å²) in [7, 11) is 0. The Kier molecular flexibility index (Phi) is 3.97. The molecule has 2 aromatic heterocycles. The molecule has 2 rings (SSSR count). The zero-order valence-corrected chi connectivity index (χ0v) is 10.3. The number of carbonyl (C=O) groups is 2. The van der Waals surface area contributed by atoms with Gasteiger partial charge in [-0.15, -0.1) is 0 Å². The summed E-state index contributed by atoms with van der Waals surface area (Å²) in [5.41, 5.74) is 0.114. The van der Waals surface area contributed by atoms with Crippen molar-refractivity contribution in [1.29, 1.82) is 0 Å². The van der Waals surface area contributed by atoms with E-state index in [1.54, 1.807) is 6.07 Å². The highest BCUT2D eigenvalue weighted by Gasteiger charge is 2.15. The SMILES string of the molecule is CCCNC(=O)c1coc(NC(=O)c2ccco2)n1. The molecule has 0 saturated carbocycles. The van der Waals surface area contributed by atoms with E-state index in [1.807, 2.05) is 6.92 Å². The van der Waals surface area contributed by atoms with Crippen molar-refractivity contribution < 1.29 is 18.4 Å². The third kappa shape index (κ3) is 3.21. The maximum Gasteiger partial charge on any atom is 0.302 e. The number of oxazole rings is 1. The Bertz CT molecular complexity index is 559. The number of aromatic nitrogens is 1. The lowest BCUT2D eigenvalue weighted by Crippen LogP contribution is -2.24. The van der Waals surface area contributed by atoms with Gasteiger partial charge >= 0.3 is 6.01 Å². The predicted molar refractivity (Wildman–Crippen MR) is 65.8 cm³/mol. The van der Waals surface area contributed by atoms with E-state index in [1.165, 1.54) is 18.6 Å². The third-order valence-electron chi connectivity index (χ3n) is 2.24. The highest BCUT2D eigenvalue weighted by atomic mass is 16.4. The van der Waals surface area contributed by atoms with Crippen LogP contribution in [-0.2, 0) is 0 Å². The highest BCUT2D eigenvalue weighted by Crippen LogP contribution is 2.10. The summed E-state index contributed by atoms with van der Waals surface area (Å²) in [4.78, 5) is 27.0. The van der Waals surface area contributed by atoms with Gasteiger partial charge in [-0.2, -0.15) is 4.98 Å². The normalized spacial score (nSPS) is 10.2. The third-order valence-corrected chi connectivity index (χ3v) is 2.24. The molecule has 0 aliphatic heterocycles. The quantitative estimate of drug-likeness (QED) is 0.854. The number of rotatable bonds is 5. The van der Waals surface area contributed by atoms with Gasteiger partial charge in [0.1, 0.15) is 6.26 Å². The van der Waals surface area contributed by atoms with Crippen molar-refractivity contribution in [3.63, 3.8) is 0 Å². The van der Waals surface area contributed by atoms with Gasteiger partial charge in [-0.05, 0) is 18.6 Å². The summed E-state index contributed by atoms with van der Waals surface area (Å²) in [6.07, 6.45) is 3.39. The van der Waals surface area contributed by atoms with E-state index in [0.29, 0.717) is 6.54 Å². The van der Waals surface area contributed by atoms with Gasteiger partial charge in [-0.25, -0.2) is 0 Å². The van der Waals surface area contributed by atoms with E-state index in [0.717, 1.165) is 6.42 Å². The molecule has 0 aromatic carbocycles. The topological polar surface area (TPSA) is 97.4 Å². The Labute approximate surface area is 109 Å². The van der Waals surface area contributed by atoms with Crippen LogP contribution >= 0.6 is 0 Å². The zero-order valence-electron chi connectivity index (χ0n) is 10.3.